The smallest absolute Gasteiger partial charge is 0.220 e. The second kappa shape index (κ2) is 8.72. The van der Waals surface area contributed by atoms with E-state index in [2.05, 4.69) is 19.2 Å². The van der Waals surface area contributed by atoms with Crippen molar-refractivity contribution in [3.8, 4) is 0 Å². The maximum Gasteiger partial charge on any atom is 0.220 e. The van der Waals surface area contributed by atoms with Gasteiger partial charge in [-0.1, -0.05) is 13.8 Å². The molecule has 0 aromatic heterocycles. The zero-order valence-corrected chi connectivity index (χ0v) is 10.5. The van der Waals surface area contributed by atoms with Gasteiger partial charge in [0, 0.05) is 25.7 Å². The monoisotopic (exact) mass is 215 g/mol. The van der Waals surface area contributed by atoms with Crippen molar-refractivity contribution in [2.75, 3.05) is 13.2 Å². The molecule has 0 aliphatic heterocycles. The lowest BCUT2D eigenvalue weighted by Gasteiger charge is -2.08. The summed E-state index contributed by atoms with van der Waals surface area (Å²) in [6.45, 7) is 9.80. The van der Waals surface area contributed by atoms with E-state index >= 15 is 0 Å². The molecule has 0 aliphatic carbocycles. The van der Waals surface area contributed by atoms with Gasteiger partial charge in [-0.2, -0.15) is 0 Å². The van der Waals surface area contributed by atoms with Gasteiger partial charge in [-0.15, -0.1) is 0 Å². The van der Waals surface area contributed by atoms with E-state index < -0.39 is 0 Å². The molecule has 0 radical (unpaired) electrons. The average Bonchev–Trinajstić information content (AvgIpc) is 2.09. The summed E-state index contributed by atoms with van der Waals surface area (Å²) in [4.78, 5) is 11.2. The predicted molar refractivity (Wildman–Crippen MR) is 62.8 cm³/mol. The van der Waals surface area contributed by atoms with Crippen LogP contribution >= 0.6 is 0 Å². The van der Waals surface area contributed by atoms with E-state index in [1.54, 1.807) is 0 Å². The normalized spacial score (nSPS) is 11.1. The number of hydrogen-bond acceptors (Lipinski definition) is 2. The first-order valence-electron chi connectivity index (χ1n) is 5.89. The quantitative estimate of drug-likeness (QED) is 0.631. The molecule has 0 spiro atoms. The van der Waals surface area contributed by atoms with Crippen LogP contribution in [-0.4, -0.2) is 25.2 Å². The summed E-state index contributed by atoms with van der Waals surface area (Å²) in [6, 6.07) is 0.236. The van der Waals surface area contributed by atoms with Crippen LogP contribution < -0.4 is 5.32 Å². The van der Waals surface area contributed by atoms with Gasteiger partial charge in [-0.25, -0.2) is 0 Å². The van der Waals surface area contributed by atoms with E-state index in [9.17, 15) is 4.79 Å². The highest BCUT2D eigenvalue weighted by atomic mass is 16.5. The summed E-state index contributed by atoms with van der Waals surface area (Å²) in [7, 11) is 0. The molecule has 0 unspecified atom stereocenters. The molecule has 1 N–H and O–H groups in total. The van der Waals surface area contributed by atoms with Crippen molar-refractivity contribution in [3.05, 3.63) is 0 Å². The minimum atomic E-state index is 0.123. The fourth-order valence-corrected chi connectivity index (χ4v) is 1.15. The van der Waals surface area contributed by atoms with Gasteiger partial charge in [-0.3, -0.25) is 4.79 Å². The van der Waals surface area contributed by atoms with Gasteiger partial charge in [0.15, 0.2) is 0 Å². The first-order chi connectivity index (χ1) is 7.02. The molecular weight excluding hydrogens is 190 g/mol. The Balaban J connectivity index is 3.20. The van der Waals surface area contributed by atoms with Crippen molar-refractivity contribution < 1.29 is 9.53 Å². The highest BCUT2D eigenvalue weighted by Crippen LogP contribution is 1.99. The van der Waals surface area contributed by atoms with Crippen molar-refractivity contribution in [2.45, 2.75) is 53.0 Å². The minimum Gasteiger partial charge on any atom is -0.381 e. The maximum atomic E-state index is 11.2. The Morgan fingerprint density at radius 3 is 2.40 bits per heavy atom. The van der Waals surface area contributed by atoms with Gasteiger partial charge < -0.3 is 10.1 Å². The molecule has 0 atom stereocenters. The molecule has 15 heavy (non-hydrogen) atoms. The van der Waals surface area contributed by atoms with Crippen molar-refractivity contribution in [1.82, 2.24) is 5.32 Å². The number of amides is 1. The molecule has 3 heteroatoms. The summed E-state index contributed by atoms with van der Waals surface area (Å²) in [5.41, 5.74) is 0. The topological polar surface area (TPSA) is 38.3 Å². The molecule has 0 heterocycles. The van der Waals surface area contributed by atoms with E-state index in [4.69, 9.17) is 4.74 Å². The Kier molecular flexibility index (Phi) is 8.38. The first kappa shape index (κ1) is 14.4. The SMILES string of the molecule is CC(C)CCOCCCC(=O)NC(C)C. The van der Waals surface area contributed by atoms with Gasteiger partial charge in [0.25, 0.3) is 0 Å². The molecule has 1 amide bonds. The van der Waals surface area contributed by atoms with Gasteiger partial charge >= 0.3 is 0 Å². The summed E-state index contributed by atoms with van der Waals surface area (Å²) >= 11 is 0. The van der Waals surface area contributed by atoms with Crippen LogP contribution in [-0.2, 0) is 9.53 Å². The predicted octanol–water partition coefficient (Wildman–Crippen LogP) is 2.35. The van der Waals surface area contributed by atoms with Crippen molar-refractivity contribution in [2.24, 2.45) is 5.92 Å². The van der Waals surface area contributed by atoms with Crippen LogP contribution in [0.5, 0.6) is 0 Å². The van der Waals surface area contributed by atoms with Gasteiger partial charge in [0.1, 0.15) is 0 Å². The van der Waals surface area contributed by atoms with E-state index in [-0.39, 0.29) is 11.9 Å². The highest BCUT2D eigenvalue weighted by molar-refractivity contribution is 5.76. The third kappa shape index (κ3) is 11.4. The van der Waals surface area contributed by atoms with Crippen molar-refractivity contribution in [1.29, 1.82) is 0 Å². The number of carbonyl (C=O) groups excluding carboxylic acids is 1. The molecule has 0 saturated heterocycles. The summed E-state index contributed by atoms with van der Waals surface area (Å²) in [6.07, 6.45) is 2.48. The van der Waals surface area contributed by atoms with E-state index in [0.29, 0.717) is 18.9 Å². The summed E-state index contributed by atoms with van der Waals surface area (Å²) < 4.78 is 5.42. The fraction of sp³-hybridized carbons (Fsp3) is 0.917. The van der Waals surface area contributed by atoms with E-state index in [1.165, 1.54) is 0 Å². The fourth-order valence-electron chi connectivity index (χ4n) is 1.15. The highest BCUT2D eigenvalue weighted by Gasteiger charge is 2.02. The van der Waals surface area contributed by atoms with Crippen LogP contribution in [0.15, 0.2) is 0 Å². The second-order valence-electron chi connectivity index (χ2n) is 4.62. The second-order valence-corrected chi connectivity index (χ2v) is 4.62. The Bertz CT molecular complexity index is 167. The zero-order chi connectivity index (χ0) is 11.7. The number of carbonyl (C=O) groups is 1. The zero-order valence-electron chi connectivity index (χ0n) is 10.5. The van der Waals surface area contributed by atoms with Crippen LogP contribution in [0.1, 0.15) is 47.0 Å². The molecule has 0 aliphatic rings. The summed E-state index contributed by atoms with van der Waals surface area (Å²) in [5, 5.41) is 2.86. The van der Waals surface area contributed by atoms with E-state index in [0.717, 1.165) is 19.4 Å². The van der Waals surface area contributed by atoms with Crippen LogP contribution in [0.3, 0.4) is 0 Å². The largest absolute Gasteiger partial charge is 0.381 e. The van der Waals surface area contributed by atoms with Crippen molar-refractivity contribution >= 4 is 5.91 Å². The Hall–Kier alpha value is -0.570. The minimum absolute atomic E-state index is 0.123. The molecule has 3 nitrogen and oxygen atoms in total. The Morgan fingerprint density at radius 2 is 1.87 bits per heavy atom. The average molecular weight is 215 g/mol. The Morgan fingerprint density at radius 1 is 1.20 bits per heavy atom. The molecule has 0 bridgehead atoms. The maximum absolute atomic E-state index is 11.2. The molecule has 0 rings (SSSR count). The van der Waals surface area contributed by atoms with E-state index in [1.807, 2.05) is 13.8 Å². The molecule has 0 fully saturated rings. The number of hydrogen-bond donors (Lipinski definition) is 1. The van der Waals surface area contributed by atoms with Crippen LogP contribution in [0.2, 0.25) is 0 Å². The third-order valence-electron chi connectivity index (χ3n) is 1.98. The van der Waals surface area contributed by atoms with Crippen molar-refractivity contribution in [3.63, 3.8) is 0 Å². The molecular formula is C12H25NO2. The lowest BCUT2D eigenvalue weighted by molar-refractivity contribution is -0.121. The molecule has 0 aromatic rings. The molecule has 0 saturated carbocycles. The van der Waals surface area contributed by atoms with Crippen LogP contribution in [0.4, 0.5) is 0 Å². The first-order valence-corrected chi connectivity index (χ1v) is 5.89. The summed E-state index contributed by atoms with van der Waals surface area (Å²) in [5.74, 6) is 0.812. The molecule has 0 aromatic carbocycles. The number of ether oxygens (including phenoxy) is 1. The van der Waals surface area contributed by atoms with Gasteiger partial charge in [-0.05, 0) is 32.6 Å². The van der Waals surface area contributed by atoms with Crippen LogP contribution in [0.25, 0.3) is 0 Å². The lowest BCUT2D eigenvalue weighted by atomic mass is 10.1. The van der Waals surface area contributed by atoms with Gasteiger partial charge in [0.05, 0.1) is 0 Å². The molecule has 90 valence electrons. The van der Waals surface area contributed by atoms with Gasteiger partial charge in [0.2, 0.25) is 5.91 Å². The Labute approximate surface area is 93.6 Å². The number of nitrogens with one attached hydrogen (secondary N) is 1. The third-order valence-corrected chi connectivity index (χ3v) is 1.98. The lowest BCUT2D eigenvalue weighted by Crippen LogP contribution is -2.30. The number of rotatable bonds is 8. The standard InChI is InChI=1S/C12H25NO2/c1-10(2)7-9-15-8-5-6-12(14)13-11(3)4/h10-11H,5-9H2,1-4H3,(H,13,14). The van der Waals surface area contributed by atoms with Crippen LogP contribution in [0, 0.1) is 5.92 Å².